The number of nitrogens with one attached hydrogen (secondary N) is 1. The highest BCUT2D eigenvalue weighted by molar-refractivity contribution is 5.56. The van der Waals surface area contributed by atoms with Crippen LogP contribution in [0.2, 0.25) is 0 Å². The van der Waals surface area contributed by atoms with Crippen molar-refractivity contribution in [3.63, 3.8) is 0 Å². The minimum Gasteiger partial charge on any atom is -0.327 e. The molecule has 1 fully saturated rings. The first kappa shape index (κ1) is 14.3. The molecule has 114 valence electrons. The predicted octanol–water partition coefficient (Wildman–Crippen LogP) is 2.72. The SMILES string of the molecule is CCCn1cc(-c2cncn2C(C)C2CCCNC2)cn1. The van der Waals surface area contributed by atoms with E-state index in [0.717, 1.165) is 31.6 Å². The summed E-state index contributed by atoms with van der Waals surface area (Å²) < 4.78 is 4.32. The van der Waals surface area contributed by atoms with Crippen molar-refractivity contribution in [3.8, 4) is 11.3 Å². The minimum atomic E-state index is 0.463. The Balaban J connectivity index is 1.82. The van der Waals surface area contributed by atoms with Crippen molar-refractivity contribution in [3.05, 3.63) is 24.9 Å². The standard InChI is InChI=1S/C16H25N5/c1-3-7-20-11-15(9-19-20)16-10-18-12-21(16)13(2)14-5-4-6-17-8-14/h9-14,17H,3-8H2,1-2H3. The monoisotopic (exact) mass is 287 g/mol. The van der Waals surface area contributed by atoms with E-state index in [1.165, 1.54) is 18.5 Å². The van der Waals surface area contributed by atoms with Crippen molar-refractivity contribution >= 4 is 0 Å². The third-order valence-electron chi connectivity index (χ3n) is 4.50. The Morgan fingerprint density at radius 3 is 3.10 bits per heavy atom. The van der Waals surface area contributed by atoms with E-state index in [9.17, 15) is 0 Å². The topological polar surface area (TPSA) is 47.7 Å². The second-order valence-electron chi connectivity index (χ2n) is 6.03. The van der Waals surface area contributed by atoms with Gasteiger partial charge in [0, 0.05) is 24.3 Å². The van der Waals surface area contributed by atoms with Crippen molar-refractivity contribution in [2.75, 3.05) is 13.1 Å². The number of aromatic nitrogens is 4. The van der Waals surface area contributed by atoms with Gasteiger partial charge in [-0.3, -0.25) is 4.68 Å². The van der Waals surface area contributed by atoms with Crippen LogP contribution in [0.25, 0.3) is 11.3 Å². The Hall–Kier alpha value is -1.62. The smallest absolute Gasteiger partial charge is 0.0953 e. The molecule has 0 aromatic carbocycles. The molecule has 1 aliphatic rings. The van der Waals surface area contributed by atoms with Gasteiger partial charge in [0.05, 0.1) is 24.4 Å². The minimum absolute atomic E-state index is 0.463. The van der Waals surface area contributed by atoms with Gasteiger partial charge in [0.15, 0.2) is 0 Å². The molecule has 1 saturated heterocycles. The zero-order chi connectivity index (χ0) is 14.7. The first-order chi connectivity index (χ1) is 10.3. The molecule has 1 aliphatic heterocycles. The Kier molecular flexibility index (Phi) is 4.39. The molecule has 5 heteroatoms. The van der Waals surface area contributed by atoms with Crippen molar-refractivity contribution in [1.82, 2.24) is 24.6 Å². The molecule has 5 nitrogen and oxygen atoms in total. The van der Waals surface area contributed by atoms with Gasteiger partial charge in [0.1, 0.15) is 0 Å². The van der Waals surface area contributed by atoms with E-state index < -0.39 is 0 Å². The number of hydrogen-bond donors (Lipinski definition) is 1. The number of piperidine rings is 1. The first-order valence-electron chi connectivity index (χ1n) is 8.05. The van der Waals surface area contributed by atoms with E-state index >= 15 is 0 Å². The maximum Gasteiger partial charge on any atom is 0.0953 e. The fraction of sp³-hybridized carbons (Fsp3) is 0.625. The summed E-state index contributed by atoms with van der Waals surface area (Å²) in [5.41, 5.74) is 2.34. The predicted molar refractivity (Wildman–Crippen MR) is 84.0 cm³/mol. The van der Waals surface area contributed by atoms with Crippen LogP contribution < -0.4 is 5.32 Å². The van der Waals surface area contributed by atoms with Crippen molar-refractivity contribution in [2.45, 2.75) is 45.7 Å². The quantitative estimate of drug-likeness (QED) is 0.920. The molecule has 2 aromatic heterocycles. The van der Waals surface area contributed by atoms with E-state index in [-0.39, 0.29) is 0 Å². The van der Waals surface area contributed by atoms with Gasteiger partial charge < -0.3 is 9.88 Å². The zero-order valence-electron chi connectivity index (χ0n) is 13.0. The average molecular weight is 287 g/mol. The molecule has 21 heavy (non-hydrogen) atoms. The fourth-order valence-electron chi connectivity index (χ4n) is 3.22. The molecule has 2 unspecified atom stereocenters. The number of hydrogen-bond acceptors (Lipinski definition) is 3. The largest absolute Gasteiger partial charge is 0.327 e. The average Bonchev–Trinajstić information content (AvgIpc) is 3.16. The Morgan fingerprint density at radius 2 is 2.33 bits per heavy atom. The molecule has 0 bridgehead atoms. The second kappa shape index (κ2) is 6.43. The van der Waals surface area contributed by atoms with Crippen LogP contribution in [0.3, 0.4) is 0 Å². The normalized spacial score (nSPS) is 20.6. The van der Waals surface area contributed by atoms with Crippen LogP contribution in [-0.4, -0.2) is 32.4 Å². The van der Waals surface area contributed by atoms with Crippen LogP contribution in [0.15, 0.2) is 24.9 Å². The molecule has 0 amide bonds. The molecular formula is C16H25N5. The van der Waals surface area contributed by atoms with Crippen LogP contribution in [0.1, 0.15) is 39.2 Å². The van der Waals surface area contributed by atoms with Gasteiger partial charge in [-0.15, -0.1) is 0 Å². The van der Waals surface area contributed by atoms with Gasteiger partial charge in [-0.2, -0.15) is 5.10 Å². The highest BCUT2D eigenvalue weighted by Crippen LogP contribution is 2.29. The summed E-state index contributed by atoms with van der Waals surface area (Å²) in [4.78, 5) is 4.38. The highest BCUT2D eigenvalue weighted by atomic mass is 15.3. The first-order valence-corrected chi connectivity index (χ1v) is 8.05. The Morgan fingerprint density at radius 1 is 1.43 bits per heavy atom. The van der Waals surface area contributed by atoms with Crippen LogP contribution in [0.4, 0.5) is 0 Å². The molecule has 0 spiro atoms. The summed E-state index contributed by atoms with van der Waals surface area (Å²) in [6, 6.07) is 0.463. The molecule has 1 N–H and O–H groups in total. The third-order valence-corrected chi connectivity index (χ3v) is 4.50. The summed E-state index contributed by atoms with van der Waals surface area (Å²) in [6.07, 6.45) is 11.7. The van der Waals surface area contributed by atoms with Crippen LogP contribution >= 0.6 is 0 Å². The highest BCUT2D eigenvalue weighted by Gasteiger charge is 2.23. The fourth-order valence-corrected chi connectivity index (χ4v) is 3.22. The van der Waals surface area contributed by atoms with E-state index in [1.807, 2.05) is 23.4 Å². The molecule has 0 saturated carbocycles. The van der Waals surface area contributed by atoms with Crippen LogP contribution in [0, 0.1) is 5.92 Å². The molecule has 3 rings (SSSR count). The van der Waals surface area contributed by atoms with Crippen molar-refractivity contribution in [1.29, 1.82) is 0 Å². The van der Waals surface area contributed by atoms with Gasteiger partial charge in [-0.05, 0) is 45.2 Å². The lowest BCUT2D eigenvalue weighted by atomic mass is 9.92. The van der Waals surface area contributed by atoms with Crippen LogP contribution in [-0.2, 0) is 6.54 Å². The van der Waals surface area contributed by atoms with E-state index in [2.05, 4.69) is 40.0 Å². The van der Waals surface area contributed by atoms with E-state index in [4.69, 9.17) is 0 Å². The zero-order valence-corrected chi connectivity index (χ0v) is 13.0. The molecule has 2 aromatic rings. The maximum atomic E-state index is 4.44. The summed E-state index contributed by atoms with van der Waals surface area (Å²) in [5.74, 6) is 0.678. The van der Waals surface area contributed by atoms with E-state index in [1.54, 1.807) is 0 Å². The Labute approximate surface area is 126 Å². The Bertz CT molecular complexity index is 565. The lowest BCUT2D eigenvalue weighted by Crippen LogP contribution is -2.34. The summed E-state index contributed by atoms with van der Waals surface area (Å²) in [6.45, 7) is 7.71. The number of imidazole rings is 1. The maximum absolute atomic E-state index is 4.44. The molecule has 3 heterocycles. The van der Waals surface area contributed by atoms with Crippen LogP contribution in [0.5, 0.6) is 0 Å². The third kappa shape index (κ3) is 3.02. The van der Waals surface area contributed by atoms with Gasteiger partial charge in [-0.1, -0.05) is 6.92 Å². The molecule has 2 atom stereocenters. The van der Waals surface area contributed by atoms with Gasteiger partial charge in [0.2, 0.25) is 0 Å². The summed E-state index contributed by atoms with van der Waals surface area (Å²) in [7, 11) is 0. The summed E-state index contributed by atoms with van der Waals surface area (Å²) in [5, 5.41) is 7.95. The molecule has 0 aliphatic carbocycles. The number of aryl methyl sites for hydroxylation is 1. The molecule has 0 radical (unpaired) electrons. The van der Waals surface area contributed by atoms with Gasteiger partial charge >= 0.3 is 0 Å². The number of rotatable bonds is 5. The summed E-state index contributed by atoms with van der Waals surface area (Å²) >= 11 is 0. The second-order valence-corrected chi connectivity index (χ2v) is 6.03. The van der Waals surface area contributed by atoms with Gasteiger partial charge in [0.25, 0.3) is 0 Å². The lowest BCUT2D eigenvalue weighted by Gasteiger charge is -2.30. The van der Waals surface area contributed by atoms with E-state index in [0.29, 0.717) is 12.0 Å². The van der Waals surface area contributed by atoms with Gasteiger partial charge in [-0.25, -0.2) is 4.98 Å². The van der Waals surface area contributed by atoms with Crippen molar-refractivity contribution in [2.24, 2.45) is 5.92 Å². The van der Waals surface area contributed by atoms with Crippen molar-refractivity contribution < 1.29 is 0 Å². The lowest BCUT2D eigenvalue weighted by molar-refractivity contribution is 0.281. The molecular weight excluding hydrogens is 262 g/mol. The number of nitrogens with zero attached hydrogens (tertiary/aromatic N) is 4.